The quantitative estimate of drug-likeness (QED) is 0.836. The molecule has 3 atom stereocenters. The molecule has 0 aliphatic carbocycles. The average Bonchev–Trinajstić information content (AvgIpc) is 2.32. The second-order valence-electron chi connectivity index (χ2n) is 6.89. The number of rotatable bonds is 3. The van der Waals surface area contributed by atoms with E-state index < -0.39 is 0 Å². The van der Waals surface area contributed by atoms with Gasteiger partial charge in [-0.3, -0.25) is 4.90 Å². The second kappa shape index (κ2) is 5.89. The Bertz CT molecular complexity index is 261. The Kier molecular flexibility index (Phi) is 4.68. The number of piperazine rings is 1. The minimum Gasteiger partial charge on any atom is -0.380 e. The molecule has 0 saturated carbocycles. The van der Waals surface area contributed by atoms with E-state index in [9.17, 15) is 0 Å². The zero-order chi connectivity index (χ0) is 13.2. The van der Waals surface area contributed by atoms with Crippen molar-refractivity contribution in [2.75, 3.05) is 26.3 Å². The Labute approximate surface area is 112 Å². The number of nitrogens with one attached hydrogen (secondary N) is 1. The van der Waals surface area contributed by atoms with Crippen LogP contribution in [0, 0.1) is 5.92 Å². The molecule has 1 N–H and O–H groups in total. The first kappa shape index (κ1) is 14.3. The molecule has 0 spiro atoms. The minimum absolute atomic E-state index is 0.259. The topological polar surface area (TPSA) is 24.5 Å². The summed E-state index contributed by atoms with van der Waals surface area (Å²) in [4.78, 5) is 2.70. The SMILES string of the molecule is CC(C)CC1CN(C2(C)CCCOC2)C(C)CN1. The zero-order valence-electron chi connectivity index (χ0n) is 12.5. The van der Waals surface area contributed by atoms with E-state index in [4.69, 9.17) is 4.74 Å². The summed E-state index contributed by atoms with van der Waals surface area (Å²) >= 11 is 0. The highest BCUT2D eigenvalue weighted by atomic mass is 16.5. The highest BCUT2D eigenvalue weighted by molar-refractivity contribution is 4.96. The van der Waals surface area contributed by atoms with E-state index in [1.807, 2.05) is 0 Å². The van der Waals surface area contributed by atoms with Crippen LogP contribution in [0.25, 0.3) is 0 Å². The van der Waals surface area contributed by atoms with E-state index >= 15 is 0 Å². The monoisotopic (exact) mass is 254 g/mol. The molecule has 2 saturated heterocycles. The first-order valence-corrected chi connectivity index (χ1v) is 7.59. The summed E-state index contributed by atoms with van der Waals surface area (Å²) in [6, 6.07) is 1.28. The Morgan fingerprint density at radius 2 is 2.22 bits per heavy atom. The van der Waals surface area contributed by atoms with Gasteiger partial charge in [0.25, 0.3) is 0 Å². The summed E-state index contributed by atoms with van der Waals surface area (Å²) in [5, 5.41) is 3.70. The highest BCUT2D eigenvalue weighted by Crippen LogP contribution is 2.30. The Morgan fingerprint density at radius 3 is 2.83 bits per heavy atom. The van der Waals surface area contributed by atoms with Gasteiger partial charge in [-0.15, -0.1) is 0 Å². The summed E-state index contributed by atoms with van der Waals surface area (Å²) in [7, 11) is 0. The van der Waals surface area contributed by atoms with Gasteiger partial charge in [0.05, 0.1) is 6.61 Å². The molecule has 0 bridgehead atoms. The van der Waals surface area contributed by atoms with Gasteiger partial charge in [0.2, 0.25) is 0 Å². The maximum absolute atomic E-state index is 5.74. The highest BCUT2D eigenvalue weighted by Gasteiger charge is 2.39. The molecule has 3 nitrogen and oxygen atoms in total. The number of nitrogens with zero attached hydrogens (tertiary/aromatic N) is 1. The molecule has 2 aliphatic rings. The molecule has 18 heavy (non-hydrogen) atoms. The van der Waals surface area contributed by atoms with Crippen LogP contribution in [-0.2, 0) is 4.74 Å². The molecular formula is C15H30N2O. The zero-order valence-corrected chi connectivity index (χ0v) is 12.5. The van der Waals surface area contributed by atoms with Crippen molar-refractivity contribution in [3.05, 3.63) is 0 Å². The Hall–Kier alpha value is -0.120. The molecule has 2 rings (SSSR count). The molecular weight excluding hydrogens is 224 g/mol. The third-order valence-electron chi connectivity index (χ3n) is 4.52. The van der Waals surface area contributed by atoms with Crippen molar-refractivity contribution < 1.29 is 4.74 Å². The molecule has 0 aromatic rings. The predicted molar refractivity (Wildman–Crippen MR) is 75.9 cm³/mol. The molecule has 0 amide bonds. The summed E-state index contributed by atoms with van der Waals surface area (Å²) in [5.74, 6) is 0.771. The maximum Gasteiger partial charge on any atom is 0.0647 e. The lowest BCUT2D eigenvalue weighted by Gasteiger charge is -2.51. The van der Waals surface area contributed by atoms with Crippen molar-refractivity contribution in [3.63, 3.8) is 0 Å². The van der Waals surface area contributed by atoms with Crippen LogP contribution in [-0.4, -0.2) is 48.8 Å². The van der Waals surface area contributed by atoms with E-state index in [-0.39, 0.29) is 5.54 Å². The summed E-state index contributed by atoms with van der Waals surface area (Å²) in [5.41, 5.74) is 0.259. The van der Waals surface area contributed by atoms with Crippen LogP contribution in [0.4, 0.5) is 0 Å². The van der Waals surface area contributed by atoms with Crippen molar-refractivity contribution in [1.29, 1.82) is 0 Å². The van der Waals surface area contributed by atoms with Crippen LogP contribution in [0.1, 0.15) is 47.0 Å². The first-order valence-electron chi connectivity index (χ1n) is 7.59. The molecule has 0 radical (unpaired) electrons. The lowest BCUT2D eigenvalue weighted by molar-refractivity contribution is -0.0690. The van der Waals surface area contributed by atoms with Crippen LogP contribution in [0.2, 0.25) is 0 Å². The first-order chi connectivity index (χ1) is 8.51. The van der Waals surface area contributed by atoms with Gasteiger partial charge in [-0.2, -0.15) is 0 Å². The van der Waals surface area contributed by atoms with Crippen molar-refractivity contribution in [3.8, 4) is 0 Å². The average molecular weight is 254 g/mol. The summed E-state index contributed by atoms with van der Waals surface area (Å²) < 4.78 is 5.74. The molecule has 3 unspecified atom stereocenters. The summed E-state index contributed by atoms with van der Waals surface area (Å²) in [6.45, 7) is 13.5. The van der Waals surface area contributed by atoms with E-state index in [1.165, 1.54) is 25.8 Å². The molecule has 2 fully saturated rings. The largest absolute Gasteiger partial charge is 0.380 e. The number of ether oxygens (including phenoxy) is 1. The summed E-state index contributed by atoms with van der Waals surface area (Å²) in [6.07, 6.45) is 3.77. The van der Waals surface area contributed by atoms with Crippen molar-refractivity contribution in [2.24, 2.45) is 5.92 Å². The Morgan fingerprint density at radius 1 is 1.44 bits per heavy atom. The van der Waals surface area contributed by atoms with E-state index in [2.05, 4.69) is 37.9 Å². The van der Waals surface area contributed by atoms with Crippen LogP contribution < -0.4 is 5.32 Å². The second-order valence-corrected chi connectivity index (χ2v) is 6.89. The molecule has 3 heteroatoms. The fourth-order valence-electron chi connectivity index (χ4n) is 3.55. The fourth-order valence-corrected chi connectivity index (χ4v) is 3.55. The maximum atomic E-state index is 5.74. The lowest BCUT2D eigenvalue weighted by atomic mass is 9.88. The van der Waals surface area contributed by atoms with Gasteiger partial charge in [-0.25, -0.2) is 0 Å². The minimum atomic E-state index is 0.259. The molecule has 0 aromatic carbocycles. The molecule has 0 aromatic heterocycles. The number of hydrogen-bond donors (Lipinski definition) is 1. The Balaban J connectivity index is 2.00. The van der Waals surface area contributed by atoms with Crippen LogP contribution >= 0.6 is 0 Å². The van der Waals surface area contributed by atoms with Gasteiger partial charge in [0.1, 0.15) is 0 Å². The molecule has 2 heterocycles. The smallest absolute Gasteiger partial charge is 0.0647 e. The van der Waals surface area contributed by atoms with Crippen molar-refractivity contribution >= 4 is 0 Å². The van der Waals surface area contributed by atoms with Gasteiger partial charge >= 0.3 is 0 Å². The third kappa shape index (κ3) is 3.25. The van der Waals surface area contributed by atoms with Crippen LogP contribution in [0.5, 0.6) is 0 Å². The lowest BCUT2D eigenvalue weighted by Crippen LogP contribution is -2.64. The van der Waals surface area contributed by atoms with Gasteiger partial charge in [-0.05, 0) is 39.0 Å². The van der Waals surface area contributed by atoms with Crippen molar-refractivity contribution in [2.45, 2.75) is 64.6 Å². The molecule has 106 valence electrons. The van der Waals surface area contributed by atoms with Gasteiger partial charge in [-0.1, -0.05) is 13.8 Å². The molecule has 2 aliphatic heterocycles. The van der Waals surface area contributed by atoms with Crippen LogP contribution in [0.15, 0.2) is 0 Å². The van der Waals surface area contributed by atoms with Gasteiger partial charge < -0.3 is 10.1 Å². The van der Waals surface area contributed by atoms with E-state index in [0.717, 1.165) is 25.7 Å². The number of hydrogen-bond acceptors (Lipinski definition) is 3. The third-order valence-corrected chi connectivity index (χ3v) is 4.52. The predicted octanol–water partition coefficient (Wildman–Crippen LogP) is 2.26. The van der Waals surface area contributed by atoms with Crippen LogP contribution in [0.3, 0.4) is 0 Å². The fraction of sp³-hybridized carbons (Fsp3) is 1.00. The van der Waals surface area contributed by atoms with E-state index in [1.54, 1.807) is 0 Å². The standard InChI is InChI=1S/C15H30N2O/c1-12(2)8-14-10-17(13(3)9-16-14)15(4)6-5-7-18-11-15/h12-14,16H,5-11H2,1-4H3. The van der Waals surface area contributed by atoms with E-state index in [0.29, 0.717) is 12.1 Å². The normalized spacial score (nSPS) is 39.2. The van der Waals surface area contributed by atoms with Crippen molar-refractivity contribution in [1.82, 2.24) is 10.2 Å². The van der Waals surface area contributed by atoms with Gasteiger partial charge in [0.15, 0.2) is 0 Å². The van der Waals surface area contributed by atoms with Gasteiger partial charge in [0, 0.05) is 37.3 Å².